The predicted octanol–water partition coefficient (Wildman–Crippen LogP) is 5.10. The second-order valence-electron chi connectivity index (χ2n) is 8.85. The van der Waals surface area contributed by atoms with Gasteiger partial charge < -0.3 is 9.84 Å². The molecule has 0 saturated carbocycles. The highest BCUT2D eigenvalue weighted by atomic mass is 32.1. The molecule has 2 aromatic rings. The normalized spacial score (nSPS) is 19.6. The van der Waals surface area contributed by atoms with Gasteiger partial charge in [0.1, 0.15) is 0 Å². The molecule has 0 saturated heterocycles. The summed E-state index contributed by atoms with van der Waals surface area (Å²) in [5.74, 6) is 0.908. The van der Waals surface area contributed by atoms with Crippen LogP contribution >= 0.6 is 11.3 Å². The van der Waals surface area contributed by atoms with Crippen LogP contribution in [-0.2, 0) is 25.8 Å². The first-order chi connectivity index (χ1) is 12.4. The molecule has 0 bridgehead atoms. The molecule has 0 spiro atoms. The molecule has 140 valence electrons. The third-order valence-corrected chi connectivity index (χ3v) is 7.03. The number of hydrogen-bond donors (Lipinski definition) is 1. The van der Waals surface area contributed by atoms with E-state index in [2.05, 4.69) is 37.8 Å². The summed E-state index contributed by atoms with van der Waals surface area (Å²) in [7, 11) is 1.65. The third-order valence-electron chi connectivity index (χ3n) is 5.76. The van der Waals surface area contributed by atoms with Crippen molar-refractivity contribution < 1.29 is 9.84 Å². The van der Waals surface area contributed by atoms with E-state index in [9.17, 15) is 5.11 Å². The molecule has 4 rings (SSSR count). The van der Waals surface area contributed by atoms with Crippen molar-refractivity contribution in [3.63, 3.8) is 0 Å². The van der Waals surface area contributed by atoms with Crippen molar-refractivity contribution in [2.45, 2.75) is 59.0 Å². The number of fused-ring (bicyclic) bond motifs is 4. The van der Waals surface area contributed by atoms with Crippen molar-refractivity contribution in [2.75, 3.05) is 13.7 Å². The van der Waals surface area contributed by atoms with E-state index >= 15 is 0 Å². The summed E-state index contributed by atoms with van der Waals surface area (Å²) in [4.78, 5) is 5.69. The Hall–Kier alpha value is -1.52. The lowest BCUT2D eigenvalue weighted by atomic mass is 9.86. The first kappa shape index (κ1) is 17.9. The number of aromatic hydroxyl groups is 1. The van der Waals surface area contributed by atoms with Gasteiger partial charge in [-0.25, -0.2) is 0 Å². The zero-order valence-corrected chi connectivity index (χ0v) is 17.1. The Morgan fingerprint density at radius 3 is 2.85 bits per heavy atom. The van der Waals surface area contributed by atoms with E-state index in [0.717, 1.165) is 31.5 Å². The summed E-state index contributed by atoms with van der Waals surface area (Å²) in [6.07, 6.45) is 4.57. The maximum atomic E-state index is 10.1. The number of ether oxygens (including phenoxy) is 1. The van der Waals surface area contributed by atoms with Crippen LogP contribution in [0.1, 0.15) is 59.7 Å². The van der Waals surface area contributed by atoms with Crippen LogP contribution in [0.5, 0.6) is 11.5 Å². The lowest BCUT2D eigenvalue weighted by Crippen LogP contribution is -2.38. The fraction of sp³-hybridized carbons (Fsp3) is 0.545. The molecule has 26 heavy (non-hydrogen) atoms. The first-order valence-corrected chi connectivity index (χ1v) is 10.4. The number of rotatable bonds is 3. The molecule has 4 heteroatoms. The minimum Gasteiger partial charge on any atom is -0.504 e. The number of methoxy groups -OCH3 is 1. The van der Waals surface area contributed by atoms with Gasteiger partial charge in [-0.1, -0.05) is 26.8 Å². The van der Waals surface area contributed by atoms with E-state index < -0.39 is 0 Å². The summed E-state index contributed by atoms with van der Waals surface area (Å²) in [6, 6.07) is 6.80. The van der Waals surface area contributed by atoms with Crippen molar-refractivity contribution in [1.82, 2.24) is 4.90 Å². The third kappa shape index (κ3) is 3.25. The highest BCUT2D eigenvalue weighted by Crippen LogP contribution is 2.45. The van der Waals surface area contributed by atoms with E-state index in [0.29, 0.717) is 17.2 Å². The molecule has 2 aliphatic heterocycles. The second-order valence-corrected chi connectivity index (χ2v) is 10.1. The number of aryl methyl sites for hydroxylation is 1. The fourth-order valence-electron chi connectivity index (χ4n) is 4.29. The smallest absolute Gasteiger partial charge is 0.165 e. The fourth-order valence-corrected chi connectivity index (χ4v) is 5.50. The maximum Gasteiger partial charge on any atom is 0.165 e. The Labute approximate surface area is 160 Å². The summed E-state index contributed by atoms with van der Waals surface area (Å²) < 4.78 is 5.49. The van der Waals surface area contributed by atoms with Crippen LogP contribution in [0.4, 0.5) is 0 Å². The zero-order valence-electron chi connectivity index (χ0n) is 16.3. The Balaban J connectivity index is 1.62. The van der Waals surface area contributed by atoms with Gasteiger partial charge in [0.25, 0.3) is 0 Å². The van der Waals surface area contributed by atoms with Gasteiger partial charge in [-0.15, -0.1) is 11.3 Å². The Kier molecular flexibility index (Phi) is 4.52. The molecule has 1 aromatic heterocycles. The molecular formula is C22H29NO2S. The van der Waals surface area contributed by atoms with Crippen LogP contribution in [-0.4, -0.2) is 23.7 Å². The van der Waals surface area contributed by atoms with Crippen LogP contribution < -0.4 is 4.74 Å². The molecular weight excluding hydrogens is 342 g/mol. The molecule has 0 fully saturated rings. The molecule has 1 unspecified atom stereocenters. The van der Waals surface area contributed by atoms with Gasteiger partial charge in [-0.3, -0.25) is 4.90 Å². The lowest BCUT2D eigenvalue weighted by molar-refractivity contribution is 0.159. The van der Waals surface area contributed by atoms with Gasteiger partial charge in [0.2, 0.25) is 0 Å². The SMILES string of the molecule is COc1c(O)ccc2c1CN1CCc3sc(CCC(C)(C)C)cc3C1C2. The van der Waals surface area contributed by atoms with Gasteiger partial charge >= 0.3 is 0 Å². The second kappa shape index (κ2) is 6.58. The molecule has 0 radical (unpaired) electrons. The number of phenols is 1. The number of hydrogen-bond acceptors (Lipinski definition) is 4. The van der Waals surface area contributed by atoms with E-state index in [1.54, 1.807) is 28.5 Å². The minimum absolute atomic E-state index is 0.252. The minimum atomic E-state index is 0.252. The molecule has 3 heterocycles. The van der Waals surface area contributed by atoms with Crippen LogP contribution in [0.15, 0.2) is 18.2 Å². The van der Waals surface area contributed by atoms with Crippen molar-refractivity contribution in [2.24, 2.45) is 5.41 Å². The molecule has 0 aliphatic carbocycles. The van der Waals surface area contributed by atoms with E-state index in [-0.39, 0.29) is 5.75 Å². The van der Waals surface area contributed by atoms with Crippen LogP contribution in [0, 0.1) is 5.41 Å². The van der Waals surface area contributed by atoms with E-state index in [4.69, 9.17) is 4.74 Å². The summed E-state index contributed by atoms with van der Waals surface area (Å²) in [5, 5.41) is 10.1. The lowest BCUT2D eigenvalue weighted by Gasteiger charge is -2.40. The van der Waals surface area contributed by atoms with Crippen molar-refractivity contribution in [3.8, 4) is 11.5 Å². The van der Waals surface area contributed by atoms with Gasteiger partial charge in [0, 0.05) is 34.4 Å². The Morgan fingerprint density at radius 1 is 1.31 bits per heavy atom. The molecule has 1 atom stereocenters. The van der Waals surface area contributed by atoms with E-state index in [1.807, 2.05) is 11.3 Å². The molecule has 0 amide bonds. The average Bonchev–Trinajstić information content (AvgIpc) is 3.01. The topological polar surface area (TPSA) is 32.7 Å². The summed E-state index contributed by atoms with van der Waals surface area (Å²) >= 11 is 2.03. The maximum absolute atomic E-state index is 10.1. The van der Waals surface area contributed by atoms with Crippen molar-refractivity contribution in [1.29, 1.82) is 0 Å². The molecule has 1 N–H and O–H groups in total. The molecule has 3 nitrogen and oxygen atoms in total. The van der Waals surface area contributed by atoms with Crippen molar-refractivity contribution >= 4 is 11.3 Å². The number of benzene rings is 1. The molecule has 1 aromatic carbocycles. The number of thiophene rings is 1. The zero-order chi connectivity index (χ0) is 18.5. The van der Waals surface area contributed by atoms with Crippen LogP contribution in [0.25, 0.3) is 0 Å². The summed E-state index contributed by atoms with van der Waals surface area (Å²) in [5.41, 5.74) is 4.41. The Morgan fingerprint density at radius 2 is 2.12 bits per heavy atom. The van der Waals surface area contributed by atoms with Crippen LogP contribution in [0.2, 0.25) is 0 Å². The molecule has 2 aliphatic rings. The standard InChI is InChI=1S/C22H29NO2S/c1-22(2,3)9-7-15-12-16-18-11-14-5-6-19(24)21(25-4)17(14)13-23(18)10-8-20(16)26-15/h5-6,12,18,24H,7-11,13H2,1-4H3. The van der Waals surface area contributed by atoms with Gasteiger partial charge in [-0.2, -0.15) is 0 Å². The predicted molar refractivity (Wildman–Crippen MR) is 107 cm³/mol. The number of phenolic OH excluding ortho intramolecular Hbond substituents is 1. The summed E-state index contributed by atoms with van der Waals surface area (Å²) in [6.45, 7) is 8.93. The van der Waals surface area contributed by atoms with Gasteiger partial charge in [-0.05, 0) is 54.4 Å². The van der Waals surface area contributed by atoms with E-state index in [1.165, 1.54) is 18.4 Å². The first-order valence-electron chi connectivity index (χ1n) is 9.59. The highest BCUT2D eigenvalue weighted by molar-refractivity contribution is 7.12. The Bertz CT molecular complexity index is 818. The van der Waals surface area contributed by atoms with Crippen molar-refractivity contribution in [3.05, 3.63) is 44.6 Å². The quantitative estimate of drug-likeness (QED) is 0.815. The van der Waals surface area contributed by atoms with Gasteiger partial charge in [0.05, 0.1) is 7.11 Å². The van der Waals surface area contributed by atoms with Crippen LogP contribution in [0.3, 0.4) is 0 Å². The monoisotopic (exact) mass is 371 g/mol. The largest absolute Gasteiger partial charge is 0.504 e. The number of nitrogens with zero attached hydrogens (tertiary/aromatic N) is 1. The average molecular weight is 372 g/mol. The van der Waals surface area contributed by atoms with Gasteiger partial charge in [0.15, 0.2) is 11.5 Å². The highest BCUT2D eigenvalue weighted by Gasteiger charge is 2.35.